The zero-order valence-corrected chi connectivity index (χ0v) is 10.1. The molecule has 0 N–H and O–H groups in total. The second kappa shape index (κ2) is 90.0. The molecule has 0 fully saturated rings. The molecule has 0 aromatic heterocycles. The summed E-state index contributed by atoms with van der Waals surface area (Å²) in [4.78, 5) is 0. The van der Waals surface area contributed by atoms with Crippen molar-refractivity contribution in [3.8, 4) is 0 Å². The molecule has 0 radical (unpaired) electrons. The van der Waals surface area contributed by atoms with Gasteiger partial charge in [-0.15, -0.1) is 0 Å². The Labute approximate surface area is 75.4 Å². The van der Waals surface area contributed by atoms with Gasteiger partial charge < -0.3 is 0 Å². The minimum atomic E-state index is 1.25. The van der Waals surface area contributed by atoms with Crippen molar-refractivity contribution >= 4 is 0 Å². The van der Waals surface area contributed by atoms with Crippen LogP contribution in [0, 0.1) is 0 Å². The summed E-state index contributed by atoms with van der Waals surface area (Å²) in [5.41, 5.74) is 0. The van der Waals surface area contributed by atoms with E-state index in [4.69, 9.17) is 0 Å². The van der Waals surface area contributed by atoms with E-state index in [0.717, 1.165) is 0 Å². The van der Waals surface area contributed by atoms with Crippen LogP contribution >= 0.6 is 0 Å². The molecule has 0 rings (SSSR count). The van der Waals surface area contributed by atoms with Gasteiger partial charge in [0.1, 0.15) is 0 Å². The molecule has 0 amide bonds. The van der Waals surface area contributed by atoms with Crippen molar-refractivity contribution in [2.24, 2.45) is 0 Å². The monoisotopic (exact) mass is 162 g/mol. The normalized spacial score (nSPS) is 5.45. The maximum Gasteiger partial charge on any atom is -0.0590 e. The first kappa shape index (κ1) is 22.4. The molecule has 0 bridgehead atoms. The Morgan fingerprint density at radius 3 is 0.455 bits per heavy atom. The quantitative estimate of drug-likeness (QED) is 0.455. The van der Waals surface area contributed by atoms with E-state index in [1.54, 1.807) is 0 Å². The number of hydrogen-bond donors (Lipinski definition) is 0. The zero-order chi connectivity index (χ0) is 10.1. The minimum Gasteiger partial charge on any atom is -0.0683 e. The summed E-state index contributed by atoms with van der Waals surface area (Å²) >= 11 is 0. The first-order valence-corrected chi connectivity index (χ1v) is 5.24. The van der Waals surface area contributed by atoms with Gasteiger partial charge in [-0.3, -0.25) is 0 Å². The molecule has 0 nitrogen and oxygen atoms in total. The van der Waals surface area contributed by atoms with Crippen LogP contribution in [0.15, 0.2) is 0 Å². The van der Waals surface area contributed by atoms with Gasteiger partial charge in [-0.05, 0) is 0 Å². The molecule has 0 saturated heterocycles. The van der Waals surface area contributed by atoms with Gasteiger partial charge in [-0.25, -0.2) is 0 Å². The number of hydrogen-bond acceptors (Lipinski definition) is 0. The fourth-order valence-corrected chi connectivity index (χ4v) is 0. The van der Waals surface area contributed by atoms with Gasteiger partial charge in [0.15, 0.2) is 0 Å². The maximum atomic E-state index is 2.12. The Hall–Kier alpha value is 0. The Bertz CT molecular complexity index is 4.75. The summed E-state index contributed by atoms with van der Waals surface area (Å²) in [6.45, 7) is 16.8. The van der Waals surface area contributed by atoms with Gasteiger partial charge >= 0.3 is 0 Å². The zero-order valence-electron chi connectivity index (χ0n) is 10.1. The Balaban J connectivity index is -0.0000000301. The van der Waals surface area contributed by atoms with Crippen LogP contribution in [0.5, 0.6) is 0 Å². The predicted octanol–water partition coefficient (Wildman–Crippen LogP) is 5.28. The molecule has 11 heavy (non-hydrogen) atoms. The first-order valence-electron chi connectivity index (χ1n) is 5.24. The van der Waals surface area contributed by atoms with E-state index in [1.165, 1.54) is 19.3 Å². The van der Waals surface area contributed by atoms with Gasteiger partial charge in [0.25, 0.3) is 0 Å². The fourth-order valence-electron chi connectivity index (χ4n) is 0. The molecule has 0 heteroatoms. The lowest BCUT2D eigenvalue weighted by Gasteiger charge is -1.48. The summed E-state index contributed by atoms with van der Waals surface area (Å²) in [6, 6.07) is 0. The summed E-state index contributed by atoms with van der Waals surface area (Å²) in [5, 5.41) is 0. The molecular formula is C11H30. The summed E-state index contributed by atoms with van der Waals surface area (Å²) in [6.07, 6.45) is 3.75. The fraction of sp³-hybridized carbons (Fsp3) is 1.00. The van der Waals surface area contributed by atoms with Crippen LogP contribution < -0.4 is 0 Å². The Kier molecular flexibility index (Phi) is 184. The highest BCUT2D eigenvalue weighted by Gasteiger charge is 1.36. The molecule has 0 aromatic rings. The van der Waals surface area contributed by atoms with E-state index in [9.17, 15) is 0 Å². The van der Waals surface area contributed by atoms with Crippen LogP contribution in [0.25, 0.3) is 0 Å². The van der Waals surface area contributed by atoms with Crippen molar-refractivity contribution in [3.05, 3.63) is 0 Å². The van der Waals surface area contributed by atoms with Crippen LogP contribution in [-0.2, 0) is 0 Å². The van der Waals surface area contributed by atoms with Gasteiger partial charge in [-0.1, -0.05) is 74.7 Å². The van der Waals surface area contributed by atoms with Gasteiger partial charge in [0, 0.05) is 0 Å². The van der Waals surface area contributed by atoms with E-state index in [0.29, 0.717) is 0 Å². The van der Waals surface area contributed by atoms with Crippen molar-refractivity contribution in [2.75, 3.05) is 0 Å². The minimum absolute atomic E-state index is 1.25. The van der Waals surface area contributed by atoms with E-state index in [2.05, 4.69) is 41.5 Å². The maximum absolute atomic E-state index is 2.12. The predicted molar refractivity (Wildman–Crippen MR) is 59.2 cm³/mol. The average Bonchev–Trinajstić information content (AvgIpc) is 1.96. The van der Waals surface area contributed by atoms with E-state index < -0.39 is 0 Å². The lowest BCUT2D eigenvalue weighted by molar-refractivity contribution is 1.09. The molecule has 0 aliphatic carbocycles. The van der Waals surface area contributed by atoms with Crippen LogP contribution in [-0.4, -0.2) is 0 Å². The first-order chi connectivity index (χ1) is 5.24. The van der Waals surface area contributed by atoms with E-state index in [1.807, 2.05) is 13.8 Å². The summed E-state index contributed by atoms with van der Waals surface area (Å²) in [5.74, 6) is 0. The largest absolute Gasteiger partial charge is 0.0683 e. The van der Waals surface area contributed by atoms with E-state index >= 15 is 0 Å². The molecule has 0 unspecified atom stereocenters. The van der Waals surface area contributed by atoms with Crippen LogP contribution in [0.1, 0.15) is 74.7 Å². The molecule has 0 aliphatic rings. The number of rotatable bonds is 0. The third-order valence-corrected chi connectivity index (χ3v) is 0. The molecule has 0 saturated carbocycles. The third-order valence-electron chi connectivity index (χ3n) is 0. The second-order valence-electron chi connectivity index (χ2n) is 2.12. The standard InChI is InChI=1S/3C3H8.C2H6/c3*1-3-2;1-2/h3*3H2,1-2H3;1-2H3. The SMILES string of the molecule is CC.CCC.CCC.CCC. The smallest absolute Gasteiger partial charge is 0.0590 e. The molecule has 0 aromatic carbocycles. The van der Waals surface area contributed by atoms with Crippen LogP contribution in [0.4, 0.5) is 0 Å². The highest BCUT2D eigenvalue weighted by Crippen LogP contribution is 1.56. The topological polar surface area (TPSA) is 0 Å². The highest BCUT2D eigenvalue weighted by molar-refractivity contribution is 3.92. The molecule has 0 spiro atoms. The van der Waals surface area contributed by atoms with Crippen molar-refractivity contribution in [2.45, 2.75) is 74.7 Å². The van der Waals surface area contributed by atoms with Crippen molar-refractivity contribution in [1.82, 2.24) is 0 Å². The average molecular weight is 162 g/mol. The van der Waals surface area contributed by atoms with E-state index in [-0.39, 0.29) is 0 Å². The lowest BCUT2D eigenvalue weighted by Crippen LogP contribution is -1.27. The van der Waals surface area contributed by atoms with Crippen LogP contribution in [0.2, 0.25) is 0 Å². The van der Waals surface area contributed by atoms with Gasteiger partial charge in [0.05, 0.1) is 0 Å². The van der Waals surface area contributed by atoms with Crippen LogP contribution in [0.3, 0.4) is 0 Å². The van der Waals surface area contributed by atoms with Gasteiger partial charge in [-0.2, -0.15) is 0 Å². The van der Waals surface area contributed by atoms with Crippen molar-refractivity contribution in [3.63, 3.8) is 0 Å². The third kappa shape index (κ3) is 0. The molecule has 0 atom stereocenters. The molecule has 74 valence electrons. The highest BCUT2D eigenvalue weighted by atomic mass is 13.4. The van der Waals surface area contributed by atoms with Crippen molar-refractivity contribution < 1.29 is 0 Å². The second-order valence-corrected chi connectivity index (χ2v) is 2.12. The summed E-state index contributed by atoms with van der Waals surface area (Å²) < 4.78 is 0. The summed E-state index contributed by atoms with van der Waals surface area (Å²) in [7, 11) is 0. The lowest BCUT2D eigenvalue weighted by atomic mass is 10.6. The molecular weight excluding hydrogens is 132 g/mol. The Morgan fingerprint density at radius 2 is 0.455 bits per heavy atom. The van der Waals surface area contributed by atoms with Gasteiger partial charge in [0.2, 0.25) is 0 Å². The van der Waals surface area contributed by atoms with Crippen molar-refractivity contribution in [1.29, 1.82) is 0 Å². The Morgan fingerprint density at radius 1 is 0.455 bits per heavy atom. The molecule has 0 heterocycles. The molecule has 0 aliphatic heterocycles.